The normalized spacial score (nSPS) is 15.2. The van der Waals surface area contributed by atoms with Crippen molar-refractivity contribution in [3.8, 4) is 33.4 Å². The molecule has 74 heavy (non-hydrogen) atoms. The van der Waals surface area contributed by atoms with E-state index in [0.717, 1.165) is 72.3 Å². The van der Waals surface area contributed by atoms with E-state index in [9.17, 15) is 20.4 Å². The largest absolute Gasteiger partial charge is 0.384 e. The monoisotopic (exact) mass is 952 g/mol. The molecule has 4 nitrogen and oxygen atoms in total. The van der Waals surface area contributed by atoms with Crippen molar-refractivity contribution in [2.24, 2.45) is 0 Å². The van der Waals surface area contributed by atoms with Crippen LogP contribution in [0.4, 0.5) is 0 Å². The van der Waals surface area contributed by atoms with Crippen LogP contribution in [-0.4, -0.2) is 20.4 Å². The highest BCUT2D eigenvalue weighted by molar-refractivity contribution is 6.14. The van der Waals surface area contributed by atoms with Gasteiger partial charge in [0, 0.05) is 0 Å². The maximum absolute atomic E-state index is 10.8. The molecule has 17 rings (SSSR count). The van der Waals surface area contributed by atoms with Crippen LogP contribution in [0.25, 0.3) is 98.0 Å². The molecule has 2 atom stereocenters. The molecule has 0 fully saturated rings. The van der Waals surface area contributed by atoms with Crippen LogP contribution in [0.3, 0.4) is 0 Å². The van der Waals surface area contributed by atoms with Crippen LogP contribution < -0.4 is 0 Å². The summed E-state index contributed by atoms with van der Waals surface area (Å²) in [5, 5.41) is 56.4. The molecule has 4 N–H and O–H groups in total. The molecule has 0 aromatic heterocycles. The van der Waals surface area contributed by atoms with Gasteiger partial charge in [0.15, 0.2) is 0 Å². The van der Waals surface area contributed by atoms with Gasteiger partial charge in [-0.2, -0.15) is 0 Å². The molecule has 0 saturated heterocycles. The van der Waals surface area contributed by atoms with Crippen LogP contribution in [0, 0.1) is 0 Å². The highest BCUT2D eigenvalue weighted by Gasteiger charge is 2.30. The van der Waals surface area contributed by atoms with Gasteiger partial charge in [-0.15, -0.1) is 0 Å². The quantitative estimate of drug-likeness (QED) is 0.114. The van der Waals surface area contributed by atoms with Gasteiger partial charge >= 0.3 is 0 Å². The number of benzene rings is 13. The molecule has 2 unspecified atom stereocenters. The fourth-order valence-corrected chi connectivity index (χ4v) is 12.3. The summed E-state index contributed by atoms with van der Waals surface area (Å²) in [6.07, 6.45) is -1.98. The molecule has 0 heterocycles. The number of rotatable bonds is 0. The van der Waals surface area contributed by atoms with Crippen LogP contribution >= 0.6 is 0 Å². The molecular weight excluding hydrogens is 905 g/mol. The molecule has 13 aromatic carbocycles. The van der Waals surface area contributed by atoms with E-state index in [2.05, 4.69) is 146 Å². The van der Waals surface area contributed by atoms with Gasteiger partial charge in [-0.3, -0.25) is 0 Å². The first-order valence-corrected chi connectivity index (χ1v) is 25.3. The Morgan fingerprint density at radius 2 is 0.432 bits per heavy atom. The second kappa shape index (κ2) is 17.5. The summed E-state index contributed by atoms with van der Waals surface area (Å²) in [5.74, 6) is 0. The van der Waals surface area contributed by atoms with Crippen molar-refractivity contribution in [2.75, 3.05) is 0 Å². The average molecular weight is 953 g/mol. The van der Waals surface area contributed by atoms with E-state index in [1.54, 1.807) is 0 Å². The van der Waals surface area contributed by atoms with E-state index in [1.165, 1.54) is 70.2 Å². The Morgan fingerprint density at radius 1 is 0.176 bits per heavy atom. The molecule has 0 radical (unpaired) electrons. The fraction of sp³-hybridized carbons (Fsp3) is 0.0571. The summed E-state index contributed by atoms with van der Waals surface area (Å²) in [5.41, 5.74) is 15.2. The van der Waals surface area contributed by atoms with Crippen LogP contribution in [0.15, 0.2) is 243 Å². The molecule has 0 bridgehead atoms. The summed E-state index contributed by atoms with van der Waals surface area (Å²) in [6.45, 7) is 0. The zero-order valence-corrected chi connectivity index (χ0v) is 40.2. The zero-order valence-electron chi connectivity index (χ0n) is 40.2. The first-order valence-electron chi connectivity index (χ1n) is 25.3. The first-order chi connectivity index (χ1) is 36.4. The molecule has 0 amide bonds. The third-order valence-electron chi connectivity index (χ3n) is 15.8. The molecule has 0 saturated carbocycles. The lowest BCUT2D eigenvalue weighted by atomic mass is 9.82. The summed E-state index contributed by atoms with van der Waals surface area (Å²) < 4.78 is 0. The van der Waals surface area contributed by atoms with E-state index >= 15 is 0 Å². The van der Waals surface area contributed by atoms with E-state index < -0.39 is 24.4 Å². The van der Waals surface area contributed by atoms with Crippen molar-refractivity contribution in [1.82, 2.24) is 0 Å². The predicted octanol–water partition coefficient (Wildman–Crippen LogP) is 16.2. The Hall–Kier alpha value is -8.74. The minimum atomic E-state index is -0.529. The highest BCUT2D eigenvalue weighted by Crippen LogP contribution is 2.49. The Bertz CT molecular complexity index is 4270. The molecule has 352 valence electrons. The molecule has 13 aromatic rings. The lowest BCUT2D eigenvalue weighted by Gasteiger charge is -2.25. The van der Waals surface area contributed by atoms with Crippen molar-refractivity contribution in [2.45, 2.75) is 24.4 Å². The summed E-state index contributed by atoms with van der Waals surface area (Å²) >= 11 is 0. The molecule has 4 heteroatoms. The molecule has 4 aliphatic carbocycles. The number of aliphatic hydroxyl groups is 4. The van der Waals surface area contributed by atoms with Crippen LogP contribution in [-0.2, 0) is 0 Å². The summed E-state index contributed by atoms with van der Waals surface area (Å²) in [4.78, 5) is 0. The molecule has 4 aliphatic rings. The lowest BCUT2D eigenvalue weighted by Crippen LogP contribution is -2.07. The van der Waals surface area contributed by atoms with E-state index in [1.807, 2.05) is 97.1 Å². The third kappa shape index (κ3) is 6.99. The SMILES string of the molecule is OC1c2cc3ccccc3cc2-c2cc3ccccc3cc21.OC1c2cccc3ccc4cccc1c4c23.OC1c2ccccc2-c2cc3ccccc3cc21.OC1c2ccccc2-c2cccc3cccc1c23. The maximum atomic E-state index is 10.8. The second-order valence-corrected chi connectivity index (χ2v) is 19.9. The highest BCUT2D eigenvalue weighted by atomic mass is 16.3. The van der Waals surface area contributed by atoms with E-state index in [-0.39, 0.29) is 0 Å². The zero-order chi connectivity index (χ0) is 49.6. The Kier molecular flexibility index (Phi) is 10.4. The Balaban J connectivity index is 0.0000000915. The topological polar surface area (TPSA) is 80.9 Å². The van der Waals surface area contributed by atoms with Gasteiger partial charge in [-0.05, 0) is 179 Å². The van der Waals surface area contributed by atoms with E-state index in [0.29, 0.717) is 0 Å². The number of hydrogen-bond acceptors (Lipinski definition) is 4. The van der Waals surface area contributed by atoms with Crippen molar-refractivity contribution in [3.63, 3.8) is 0 Å². The van der Waals surface area contributed by atoms with E-state index in [4.69, 9.17) is 0 Å². The van der Waals surface area contributed by atoms with Crippen molar-refractivity contribution in [1.29, 1.82) is 0 Å². The van der Waals surface area contributed by atoms with Gasteiger partial charge in [-0.25, -0.2) is 0 Å². The second-order valence-electron chi connectivity index (χ2n) is 19.9. The maximum Gasteiger partial charge on any atom is 0.105 e. The van der Waals surface area contributed by atoms with Crippen molar-refractivity contribution in [3.05, 3.63) is 287 Å². The minimum Gasteiger partial charge on any atom is -0.384 e. The van der Waals surface area contributed by atoms with Crippen LogP contribution in [0.2, 0.25) is 0 Å². The minimum absolute atomic E-state index is 0.454. The Morgan fingerprint density at radius 3 is 0.878 bits per heavy atom. The predicted molar refractivity (Wildman–Crippen MR) is 303 cm³/mol. The van der Waals surface area contributed by atoms with Gasteiger partial charge in [0.05, 0.1) is 0 Å². The number of hydrogen-bond donors (Lipinski definition) is 4. The Labute approximate surface area is 427 Å². The third-order valence-corrected chi connectivity index (χ3v) is 15.8. The van der Waals surface area contributed by atoms with Crippen LogP contribution in [0.1, 0.15) is 68.9 Å². The fourth-order valence-electron chi connectivity index (χ4n) is 12.3. The van der Waals surface area contributed by atoms with Gasteiger partial charge in [0.1, 0.15) is 24.4 Å². The van der Waals surface area contributed by atoms with Gasteiger partial charge in [0.25, 0.3) is 0 Å². The molecule has 0 aliphatic heterocycles. The number of fused-ring (bicyclic) bond motifs is 11. The smallest absolute Gasteiger partial charge is 0.105 e. The van der Waals surface area contributed by atoms with Crippen molar-refractivity contribution < 1.29 is 20.4 Å². The first kappa shape index (κ1) is 44.0. The van der Waals surface area contributed by atoms with Crippen LogP contribution in [0.5, 0.6) is 0 Å². The van der Waals surface area contributed by atoms with Gasteiger partial charge < -0.3 is 20.4 Å². The number of aliphatic hydroxyl groups excluding tert-OH is 4. The summed E-state index contributed by atoms with van der Waals surface area (Å²) in [6, 6.07) is 83.0. The van der Waals surface area contributed by atoms with Gasteiger partial charge in [-0.1, -0.05) is 206 Å². The average Bonchev–Trinajstić information content (AvgIpc) is 4.05. The van der Waals surface area contributed by atoms with Crippen molar-refractivity contribution >= 4 is 64.6 Å². The lowest BCUT2D eigenvalue weighted by molar-refractivity contribution is 0.221. The molecule has 0 spiro atoms. The standard InChI is InChI=1S/C21H14O.2C17H12O.C15H10O/c22-21-19-11-15-7-3-1-5-13(15)9-17(19)18-10-14-6-2-4-8-16(14)12-20(18)21;18-17-14-8-2-1-7-12(14)13-9-3-5-11-6-4-10-15(17)16(11)13;18-17-14-8-4-3-7-13(14)15-9-11-5-1-2-6-12(11)10-16(15)17;16-15-11-5-1-3-9-7-8-10-4-2-6-12(15)14(10)13(9)11/h1-12,21-22H;2*1-10,17-18H;1-8,15-16H. The van der Waals surface area contributed by atoms with Gasteiger partial charge in [0.2, 0.25) is 0 Å². The summed E-state index contributed by atoms with van der Waals surface area (Å²) in [7, 11) is 0. The molecular formula is C70H48O4.